The molecule has 2 aliphatic rings. The minimum atomic E-state index is -1.05. The lowest BCUT2D eigenvalue weighted by molar-refractivity contribution is -0.125. The summed E-state index contributed by atoms with van der Waals surface area (Å²) in [6.45, 7) is 0.435. The third-order valence-corrected chi connectivity index (χ3v) is 5.39. The van der Waals surface area contributed by atoms with Gasteiger partial charge in [-0.2, -0.15) is 0 Å². The van der Waals surface area contributed by atoms with Crippen LogP contribution in [0.25, 0.3) is 6.08 Å². The van der Waals surface area contributed by atoms with Crippen LogP contribution in [-0.4, -0.2) is 11.0 Å². The van der Waals surface area contributed by atoms with Gasteiger partial charge in [0.05, 0.1) is 18.5 Å². The fraction of sp³-hybridized carbons (Fsp3) is 0.208. The molecule has 1 unspecified atom stereocenters. The standard InChI is InChI=1S/C15H12ClNO2.C9H10O/c16-11-7-5-10(6-8-11)9-17-13-4-2-1-3-12(13)14(18)15(17)19;1-2-4-8-6-7-10-9(8)5-3-1/h1-8,14,18H,9H2;3,5-7H,1-2,4H2. The number of fused-ring (bicyclic) bond motifs is 2. The van der Waals surface area contributed by atoms with Gasteiger partial charge in [-0.05, 0) is 60.7 Å². The number of aliphatic hydroxyl groups is 1. The molecular weight excluding hydrogens is 386 g/mol. The van der Waals surface area contributed by atoms with Crippen molar-refractivity contribution in [3.05, 3.63) is 94.4 Å². The Bertz CT molecular complexity index is 1020. The molecule has 5 heteroatoms. The van der Waals surface area contributed by atoms with Crippen molar-refractivity contribution in [3.8, 4) is 0 Å². The molecule has 1 atom stereocenters. The first kappa shape index (κ1) is 19.5. The van der Waals surface area contributed by atoms with Crippen molar-refractivity contribution in [1.29, 1.82) is 0 Å². The lowest BCUT2D eigenvalue weighted by Gasteiger charge is -2.17. The molecule has 5 rings (SSSR count). The number of furan rings is 1. The quantitative estimate of drug-likeness (QED) is 0.606. The molecule has 1 amide bonds. The lowest BCUT2D eigenvalue weighted by Crippen LogP contribution is -2.28. The van der Waals surface area contributed by atoms with Gasteiger partial charge in [-0.3, -0.25) is 4.79 Å². The summed E-state index contributed by atoms with van der Waals surface area (Å²) in [4.78, 5) is 13.7. The number of halogens is 1. The molecule has 148 valence electrons. The van der Waals surface area contributed by atoms with Crippen LogP contribution in [-0.2, 0) is 17.8 Å². The van der Waals surface area contributed by atoms with Crippen molar-refractivity contribution in [1.82, 2.24) is 0 Å². The summed E-state index contributed by atoms with van der Waals surface area (Å²) < 4.78 is 5.25. The number of nitrogens with zero attached hydrogens (tertiary/aromatic N) is 1. The summed E-state index contributed by atoms with van der Waals surface area (Å²) in [6, 6.07) is 16.7. The molecule has 0 fully saturated rings. The van der Waals surface area contributed by atoms with Gasteiger partial charge in [0.1, 0.15) is 5.76 Å². The van der Waals surface area contributed by atoms with Gasteiger partial charge in [0.2, 0.25) is 0 Å². The molecule has 0 radical (unpaired) electrons. The number of para-hydroxylation sites is 1. The molecule has 29 heavy (non-hydrogen) atoms. The molecule has 1 aromatic heterocycles. The number of hydrogen-bond donors (Lipinski definition) is 1. The molecule has 3 aromatic rings. The normalized spacial score (nSPS) is 17.2. The molecular formula is C24H22ClNO3. The minimum absolute atomic E-state index is 0.281. The molecule has 2 heterocycles. The monoisotopic (exact) mass is 407 g/mol. The van der Waals surface area contributed by atoms with Gasteiger partial charge in [-0.25, -0.2) is 0 Å². The average Bonchev–Trinajstić information content (AvgIpc) is 3.19. The van der Waals surface area contributed by atoms with Gasteiger partial charge in [-0.1, -0.05) is 48.0 Å². The Morgan fingerprint density at radius 3 is 2.72 bits per heavy atom. The summed E-state index contributed by atoms with van der Waals surface area (Å²) in [5.41, 5.74) is 3.77. The van der Waals surface area contributed by atoms with Crippen LogP contribution in [0.4, 0.5) is 5.69 Å². The zero-order chi connectivity index (χ0) is 20.2. The van der Waals surface area contributed by atoms with Gasteiger partial charge < -0.3 is 14.4 Å². The predicted octanol–water partition coefficient (Wildman–Crippen LogP) is 5.55. The third-order valence-electron chi connectivity index (χ3n) is 5.14. The summed E-state index contributed by atoms with van der Waals surface area (Å²) in [5.74, 6) is 0.772. The number of anilines is 1. The van der Waals surface area contributed by atoms with Crippen LogP contribution in [0.5, 0.6) is 0 Å². The summed E-state index contributed by atoms with van der Waals surface area (Å²) in [7, 11) is 0. The van der Waals surface area contributed by atoms with E-state index in [-0.39, 0.29) is 5.91 Å². The van der Waals surface area contributed by atoms with E-state index in [9.17, 15) is 9.90 Å². The number of carbonyl (C=O) groups is 1. The van der Waals surface area contributed by atoms with Crippen molar-refractivity contribution in [2.45, 2.75) is 31.9 Å². The maximum atomic E-state index is 12.1. The molecule has 2 aromatic carbocycles. The number of allylic oxidation sites excluding steroid dienone is 1. The Kier molecular flexibility index (Phi) is 5.84. The van der Waals surface area contributed by atoms with E-state index in [1.54, 1.807) is 29.4 Å². The van der Waals surface area contributed by atoms with Crippen molar-refractivity contribution >= 4 is 29.3 Å². The number of aryl methyl sites for hydroxylation is 1. The smallest absolute Gasteiger partial charge is 0.260 e. The Morgan fingerprint density at radius 1 is 1.10 bits per heavy atom. The summed E-state index contributed by atoms with van der Waals surface area (Å²) in [6.07, 6.45) is 8.56. The van der Waals surface area contributed by atoms with Gasteiger partial charge in [0.15, 0.2) is 6.10 Å². The van der Waals surface area contributed by atoms with Crippen LogP contribution in [0.1, 0.15) is 41.4 Å². The fourth-order valence-electron chi connectivity index (χ4n) is 3.60. The number of benzene rings is 2. The second-order valence-electron chi connectivity index (χ2n) is 7.12. The highest BCUT2D eigenvalue weighted by atomic mass is 35.5. The number of amides is 1. The number of carbonyl (C=O) groups excluding carboxylic acids is 1. The molecule has 0 saturated heterocycles. The third kappa shape index (κ3) is 4.29. The van der Waals surface area contributed by atoms with E-state index in [1.807, 2.05) is 30.3 Å². The van der Waals surface area contributed by atoms with E-state index >= 15 is 0 Å². The number of aliphatic hydroxyl groups excluding tert-OH is 1. The van der Waals surface area contributed by atoms with Crippen LogP contribution in [0.15, 0.2) is 71.4 Å². The van der Waals surface area contributed by atoms with Gasteiger partial charge in [0.25, 0.3) is 5.91 Å². The highest BCUT2D eigenvalue weighted by Gasteiger charge is 2.35. The first-order valence-electron chi connectivity index (χ1n) is 9.69. The number of hydrogen-bond acceptors (Lipinski definition) is 3. The highest BCUT2D eigenvalue weighted by Crippen LogP contribution is 2.36. The van der Waals surface area contributed by atoms with Crippen LogP contribution < -0.4 is 4.90 Å². The van der Waals surface area contributed by atoms with Crippen LogP contribution in [0.2, 0.25) is 5.02 Å². The first-order valence-corrected chi connectivity index (χ1v) is 10.1. The Balaban J connectivity index is 0.000000171. The first-order chi connectivity index (χ1) is 14.1. The topological polar surface area (TPSA) is 53.7 Å². The van der Waals surface area contributed by atoms with Crippen LogP contribution in [0.3, 0.4) is 0 Å². The van der Waals surface area contributed by atoms with Crippen molar-refractivity contribution in [2.24, 2.45) is 0 Å². The maximum Gasteiger partial charge on any atom is 0.260 e. The van der Waals surface area contributed by atoms with E-state index in [0.717, 1.165) is 17.0 Å². The predicted molar refractivity (Wildman–Crippen MR) is 115 cm³/mol. The Hall–Kier alpha value is -2.82. The second-order valence-corrected chi connectivity index (χ2v) is 7.55. The second kappa shape index (κ2) is 8.68. The zero-order valence-corrected chi connectivity index (χ0v) is 16.7. The van der Waals surface area contributed by atoms with Crippen molar-refractivity contribution in [3.63, 3.8) is 0 Å². The molecule has 1 aliphatic carbocycles. The van der Waals surface area contributed by atoms with Gasteiger partial charge in [0, 0.05) is 10.6 Å². The highest BCUT2D eigenvalue weighted by molar-refractivity contribution is 6.30. The Labute approximate surface area is 175 Å². The largest absolute Gasteiger partial charge is 0.465 e. The fourth-order valence-corrected chi connectivity index (χ4v) is 3.73. The van der Waals surface area contributed by atoms with Crippen LogP contribution >= 0.6 is 11.6 Å². The summed E-state index contributed by atoms with van der Waals surface area (Å²) in [5, 5.41) is 10.6. The molecule has 0 saturated carbocycles. The maximum absolute atomic E-state index is 12.1. The minimum Gasteiger partial charge on any atom is -0.465 e. The SMILES string of the molecule is C1=Cc2occc2CCC1.O=C1C(O)c2ccccc2N1Cc1ccc(Cl)cc1. The molecule has 0 spiro atoms. The van der Waals surface area contributed by atoms with E-state index in [1.165, 1.54) is 24.8 Å². The van der Waals surface area contributed by atoms with Crippen molar-refractivity contribution in [2.75, 3.05) is 4.90 Å². The van der Waals surface area contributed by atoms with E-state index in [2.05, 4.69) is 18.2 Å². The van der Waals surface area contributed by atoms with Crippen LogP contribution in [0, 0.1) is 0 Å². The van der Waals surface area contributed by atoms with Gasteiger partial charge in [-0.15, -0.1) is 0 Å². The molecule has 4 nitrogen and oxygen atoms in total. The number of rotatable bonds is 2. The lowest BCUT2D eigenvalue weighted by atomic mass is 10.1. The average molecular weight is 408 g/mol. The van der Waals surface area contributed by atoms with E-state index < -0.39 is 6.10 Å². The molecule has 0 bridgehead atoms. The zero-order valence-electron chi connectivity index (χ0n) is 15.9. The molecule has 1 N–H and O–H groups in total. The molecule has 1 aliphatic heterocycles. The Morgan fingerprint density at radius 2 is 1.90 bits per heavy atom. The van der Waals surface area contributed by atoms with Gasteiger partial charge >= 0.3 is 0 Å². The van der Waals surface area contributed by atoms with E-state index in [4.69, 9.17) is 16.0 Å². The summed E-state index contributed by atoms with van der Waals surface area (Å²) >= 11 is 5.84. The van der Waals surface area contributed by atoms with E-state index in [0.29, 0.717) is 17.1 Å². The van der Waals surface area contributed by atoms with Crippen molar-refractivity contribution < 1.29 is 14.3 Å².